The lowest BCUT2D eigenvalue weighted by atomic mass is 10.0. The average Bonchev–Trinajstić information content (AvgIpc) is 2.55. The highest BCUT2D eigenvalue weighted by Gasteiger charge is 2.20. The molecule has 0 bridgehead atoms. The zero-order valence-electron chi connectivity index (χ0n) is 9.20. The van der Waals surface area contributed by atoms with Crippen molar-refractivity contribution in [1.82, 2.24) is 4.98 Å². The van der Waals surface area contributed by atoms with Crippen molar-refractivity contribution in [2.45, 2.75) is 38.8 Å². The topological polar surface area (TPSA) is 34.1 Å². The molecule has 0 amide bonds. The van der Waals surface area contributed by atoms with Gasteiger partial charge in [-0.3, -0.25) is 0 Å². The van der Waals surface area contributed by atoms with Crippen molar-refractivity contribution in [2.24, 2.45) is 0 Å². The van der Waals surface area contributed by atoms with E-state index in [4.69, 9.17) is 4.74 Å². The van der Waals surface area contributed by atoms with E-state index in [1.54, 1.807) is 24.6 Å². The Morgan fingerprint density at radius 3 is 2.86 bits per heavy atom. The molecule has 1 aromatic heterocycles. The minimum atomic E-state index is -0.0797. The Kier molecular flexibility index (Phi) is 3.89. The van der Waals surface area contributed by atoms with Crippen LogP contribution in [0.1, 0.15) is 27.2 Å². The molecule has 1 atom stereocenters. The molecule has 0 saturated heterocycles. The Morgan fingerprint density at radius 1 is 1.64 bits per heavy atom. The molecule has 0 fully saturated rings. The van der Waals surface area contributed by atoms with E-state index in [2.05, 4.69) is 31.1 Å². The average molecular weight is 214 g/mol. The lowest BCUT2D eigenvalue weighted by Gasteiger charge is -2.26. The van der Waals surface area contributed by atoms with Crippen LogP contribution in [0.2, 0.25) is 0 Å². The van der Waals surface area contributed by atoms with Crippen LogP contribution in [0.15, 0.2) is 11.6 Å². The predicted octanol–water partition coefficient (Wildman–Crippen LogP) is 2.76. The van der Waals surface area contributed by atoms with Crippen LogP contribution in [0.25, 0.3) is 0 Å². The van der Waals surface area contributed by atoms with Crippen LogP contribution >= 0.6 is 11.3 Å². The lowest BCUT2D eigenvalue weighted by Crippen LogP contribution is -2.31. The van der Waals surface area contributed by atoms with E-state index in [9.17, 15) is 0 Å². The van der Waals surface area contributed by atoms with Gasteiger partial charge in [0.2, 0.25) is 0 Å². The molecule has 0 saturated carbocycles. The number of nitrogens with zero attached hydrogens (tertiary/aromatic N) is 1. The Morgan fingerprint density at radius 2 is 2.36 bits per heavy atom. The molecule has 0 spiro atoms. The van der Waals surface area contributed by atoms with Gasteiger partial charge in [-0.2, -0.15) is 0 Å². The van der Waals surface area contributed by atoms with Crippen molar-refractivity contribution in [3.8, 4) is 0 Å². The van der Waals surface area contributed by atoms with Gasteiger partial charge in [0.05, 0.1) is 5.60 Å². The predicted molar refractivity (Wildman–Crippen MR) is 60.9 cm³/mol. The normalized spacial score (nSPS) is 14.0. The summed E-state index contributed by atoms with van der Waals surface area (Å²) in [5, 5.41) is 6.28. The molecule has 80 valence electrons. The Bertz CT molecular complexity index is 259. The summed E-state index contributed by atoms with van der Waals surface area (Å²) in [4.78, 5) is 4.18. The highest BCUT2D eigenvalue weighted by Crippen LogP contribution is 2.19. The van der Waals surface area contributed by atoms with Crippen LogP contribution in [0.4, 0.5) is 5.13 Å². The fourth-order valence-corrected chi connectivity index (χ4v) is 2.02. The molecule has 1 heterocycles. The third-order valence-corrected chi connectivity index (χ3v) is 2.86. The number of nitrogens with one attached hydrogen (secondary N) is 1. The SMILES string of the molecule is COC(C)(C)CC(C)Nc1nccs1. The number of hydrogen-bond donors (Lipinski definition) is 1. The first-order valence-electron chi connectivity index (χ1n) is 4.75. The molecule has 1 N–H and O–H groups in total. The highest BCUT2D eigenvalue weighted by atomic mass is 32.1. The Labute approximate surface area is 89.5 Å². The van der Waals surface area contributed by atoms with Gasteiger partial charge in [0.1, 0.15) is 0 Å². The number of ether oxygens (including phenoxy) is 1. The maximum atomic E-state index is 5.37. The van der Waals surface area contributed by atoms with Crippen LogP contribution in [0.3, 0.4) is 0 Å². The van der Waals surface area contributed by atoms with Gasteiger partial charge < -0.3 is 10.1 Å². The summed E-state index contributed by atoms with van der Waals surface area (Å²) in [5.74, 6) is 0. The summed E-state index contributed by atoms with van der Waals surface area (Å²) in [6.07, 6.45) is 2.77. The molecule has 0 aliphatic carbocycles. The number of methoxy groups -OCH3 is 1. The number of thiazole rings is 1. The first-order valence-corrected chi connectivity index (χ1v) is 5.62. The van der Waals surface area contributed by atoms with E-state index >= 15 is 0 Å². The highest BCUT2D eigenvalue weighted by molar-refractivity contribution is 7.13. The van der Waals surface area contributed by atoms with Gasteiger partial charge in [-0.05, 0) is 27.2 Å². The van der Waals surface area contributed by atoms with Crippen molar-refractivity contribution in [1.29, 1.82) is 0 Å². The van der Waals surface area contributed by atoms with E-state index < -0.39 is 0 Å². The van der Waals surface area contributed by atoms with Gasteiger partial charge in [-0.1, -0.05) is 0 Å². The van der Waals surface area contributed by atoms with E-state index in [1.807, 2.05) is 5.38 Å². The van der Waals surface area contributed by atoms with Crippen molar-refractivity contribution >= 4 is 16.5 Å². The van der Waals surface area contributed by atoms with Gasteiger partial charge in [-0.25, -0.2) is 4.98 Å². The van der Waals surface area contributed by atoms with Crippen LogP contribution in [0.5, 0.6) is 0 Å². The smallest absolute Gasteiger partial charge is 0.182 e. The van der Waals surface area contributed by atoms with Gasteiger partial charge >= 0.3 is 0 Å². The molecule has 4 heteroatoms. The number of anilines is 1. The summed E-state index contributed by atoms with van der Waals surface area (Å²) in [6, 6.07) is 0.371. The number of rotatable bonds is 5. The molecule has 1 aromatic rings. The molecule has 1 unspecified atom stereocenters. The Hall–Kier alpha value is -0.610. The van der Waals surface area contributed by atoms with Crippen molar-refractivity contribution in [3.63, 3.8) is 0 Å². The fourth-order valence-electron chi connectivity index (χ4n) is 1.38. The second-order valence-corrected chi connectivity index (χ2v) is 4.95. The third kappa shape index (κ3) is 3.64. The molecule has 0 aliphatic heterocycles. The molecular formula is C10H18N2OS. The van der Waals surface area contributed by atoms with Crippen LogP contribution in [0, 0.1) is 0 Å². The molecule has 0 aromatic carbocycles. The van der Waals surface area contributed by atoms with E-state index in [0.717, 1.165) is 11.6 Å². The maximum Gasteiger partial charge on any atom is 0.182 e. The van der Waals surface area contributed by atoms with Crippen molar-refractivity contribution < 1.29 is 4.74 Å². The van der Waals surface area contributed by atoms with Crippen molar-refractivity contribution in [3.05, 3.63) is 11.6 Å². The van der Waals surface area contributed by atoms with E-state index in [-0.39, 0.29) is 5.60 Å². The fraction of sp³-hybridized carbons (Fsp3) is 0.700. The second kappa shape index (κ2) is 4.75. The van der Waals surface area contributed by atoms with Crippen LogP contribution in [-0.4, -0.2) is 23.7 Å². The minimum absolute atomic E-state index is 0.0797. The van der Waals surface area contributed by atoms with Gasteiger partial charge in [0, 0.05) is 24.7 Å². The van der Waals surface area contributed by atoms with Gasteiger partial charge in [0.15, 0.2) is 5.13 Å². The van der Waals surface area contributed by atoms with E-state index in [1.165, 1.54) is 0 Å². The summed E-state index contributed by atoms with van der Waals surface area (Å²) in [7, 11) is 1.75. The molecule has 3 nitrogen and oxygen atoms in total. The molecular weight excluding hydrogens is 196 g/mol. The zero-order chi connectivity index (χ0) is 10.6. The van der Waals surface area contributed by atoms with Crippen LogP contribution in [-0.2, 0) is 4.74 Å². The molecule has 14 heavy (non-hydrogen) atoms. The number of hydrogen-bond acceptors (Lipinski definition) is 4. The summed E-state index contributed by atoms with van der Waals surface area (Å²) >= 11 is 1.62. The first kappa shape index (κ1) is 11.5. The molecule has 0 radical (unpaired) electrons. The molecule has 0 aliphatic rings. The quantitative estimate of drug-likeness (QED) is 0.818. The van der Waals surface area contributed by atoms with Gasteiger partial charge in [-0.15, -0.1) is 11.3 Å². The standard InChI is InChI=1S/C10H18N2OS/c1-8(7-10(2,3)13-4)12-9-11-5-6-14-9/h5-6,8H,7H2,1-4H3,(H,11,12). The summed E-state index contributed by atoms with van der Waals surface area (Å²) in [5.41, 5.74) is -0.0797. The lowest BCUT2D eigenvalue weighted by molar-refractivity contribution is 0.0128. The minimum Gasteiger partial charge on any atom is -0.379 e. The summed E-state index contributed by atoms with van der Waals surface area (Å²) < 4.78 is 5.37. The van der Waals surface area contributed by atoms with Crippen LogP contribution < -0.4 is 5.32 Å². The summed E-state index contributed by atoms with van der Waals surface area (Å²) in [6.45, 7) is 6.32. The second-order valence-electron chi connectivity index (χ2n) is 4.05. The Balaban J connectivity index is 2.40. The number of aromatic nitrogens is 1. The largest absolute Gasteiger partial charge is 0.379 e. The molecule has 1 rings (SSSR count). The zero-order valence-corrected chi connectivity index (χ0v) is 10.0. The van der Waals surface area contributed by atoms with Gasteiger partial charge in [0.25, 0.3) is 0 Å². The first-order chi connectivity index (χ1) is 6.53. The third-order valence-electron chi connectivity index (χ3n) is 2.15. The maximum absolute atomic E-state index is 5.37. The van der Waals surface area contributed by atoms with E-state index in [0.29, 0.717) is 6.04 Å². The monoisotopic (exact) mass is 214 g/mol. The van der Waals surface area contributed by atoms with Crippen molar-refractivity contribution in [2.75, 3.05) is 12.4 Å².